The SMILES string of the molecule is CCCn1c(-c2ccc(=O)[nH]n2)nc2cc(CN)ccc21. The fourth-order valence-electron chi connectivity index (χ4n) is 2.42. The number of aromatic amines is 1. The van der Waals surface area contributed by atoms with Crippen LogP contribution in [0.1, 0.15) is 18.9 Å². The Morgan fingerprint density at radius 3 is 2.81 bits per heavy atom. The molecular formula is C15H17N5O. The summed E-state index contributed by atoms with van der Waals surface area (Å²) in [6.45, 7) is 3.45. The van der Waals surface area contributed by atoms with Crippen molar-refractivity contribution in [2.45, 2.75) is 26.4 Å². The Hall–Kier alpha value is -2.47. The summed E-state index contributed by atoms with van der Waals surface area (Å²) in [5.41, 5.74) is 9.12. The molecule has 0 atom stereocenters. The Kier molecular flexibility index (Phi) is 3.53. The van der Waals surface area contributed by atoms with E-state index in [1.807, 2.05) is 18.2 Å². The molecule has 0 radical (unpaired) electrons. The van der Waals surface area contributed by atoms with Gasteiger partial charge in [-0.1, -0.05) is 13.0 Å². The van der Waals surface area contributed by atoms with Crippen LogP contribution in [0, 0.1) is 0 Å². The van der Waals surface area contributed by atoms with Crippen LogP contribution in [-0.4, -0.2) is 19.7 Å². The molecule has 0 amide bonds. The van der Waals surface area contributed by atoms with E-state index in [1.54, 1.807) is 6.07 Å². The molecule has 0 unspecified atom stereocenters. The topological polar surface area (TPSA) is 89.6 Å². The van der Waals surface area contributed by atoms with Gasteiger partial charge in [-0.3, -0.25) is 4.79 Å². The highest BCUT2D eigenvalue weighted by Gasteiger charge is 2.13. The number of benzene rings is 1. The molecule has 1 aromatic carbocycles. The molecular weight excluding hydrogens is 266 g/mol. The summed E-state index contributed by atoms with van der Waals surface area (Å²) >= 11 is 0. The fourth-order valence-corrected chi connectivity index (χ4v) is 2.42. The number of imidazole rings is 1. The van der Waals surface area contributed by atoms with Gasteiger partial charge in [0.2, 0.25) is 0 Å². The lowest BCUT2D eigenvalue weighted by Crippen LogP contribution is -2.08. The van der Waals surface area contributed by atoms with Gasteiger partial charge in [-0.05, 0) is 30.2 Å². The molecule has 3 rings (SSSR count). The Bertz CT molecular complexity index is 813. The number of aryl methyl sites for hydroxylation is 1. The molecule has 3 N–H and O–H groups in total. The summed E-state index contributed by atoms with van der Waals surface area (Å²) in [5.74, 6) is 0.761. The highest BCUT2D eigenvalue weighted by Crippen LogP contribution is 2.24. The predicted octanol–water partition coefficient (Wildman–Crippen LogP) is 1.66. The molecule has 0 spiro atoms. The van der Waals surface area contributed by atoms with Gasteiger partial charge < -0.3 is 10.3 Å². The molecule has 2 aromatic heterocycles. The summed E-state index contributed by atoms with van der Waals surface area (Å²) in [7, 11) is 0. The molecule has 108 valence electrons. The number of nitrogens with two attached hydrogens (primary N) is 1. The molecule has 0 saturated carbocycles. The minimum atomic E-state index is -0.220. The number of aromatic nitrogens is 4. The monoisotopic (exact) mass is 283 g/mol. The van der Waals surface area contributed by atoms with Crippen LogP contribution in [0.25, 0.3) is 22.6 Å². The Morgan fingerprint density at radius 1 is 1.29 bits per heavy atom. The van der Waals surface area contributed by atoms with Crippen molar-refractivity contribution in [3.05, 3.63) is 46.2 Å². The minimum absolute atomic E-state index is 0.220. The van der Waals surface area contributed by atoms with Crippen molar-refractivity contribution in [3.8, 4) is 11.5 Å². The van der Waals surface area contributed by atoms with Crippen LogP contribution in [0.5, 0.6) is 0 Å². The average molecular weight is 283 g/mol. The second kappa shape index (κ2) is 5.49. The number of hydrogen-bond acceptors (Lipinski definition) is 4. The van der Waals surface area contributed by atoms with E-state index in [0.29, 0.717) is 12.2 Å². The van der Waals surface area contributed by atoms with Crippen LogP contribution in [-0.2, 0) is 13.1 Å². The molecule has 0 aliphatic heterocycles. The van der Waals surface area contributed by atoms with Crippen LogP contribution in [0.15, 0.2) is 35.1 Å². The zero-order valence-electron chi connectivity index (χ0n) is 11.8. The van der Waals surface area contributed by atoms with Gasteiger partial charge in [-0.25, -0.2) is 10.1 Å². The Labute approximate surface area is 121 Å². The maximum Gasteiger partial charge on any atom is 0.264 e. The van der Waals surface area contributed by atoms with E-state index in [-0.39, 0.29) is 5.56 Å². The second-order valence-electron chi connectivity index (χ2n) is 4.92. The van der Waals surface area contributed by atoms with Crippen LogP contribution in [0.3, 0.4) is 0 Å². The summed E-state index contributed by atoms with van der Waals surface area (Å²) in [6.07, 6.45) is 0.987. The predicted molar refractivity (Wildman–Crippen MR) is 81.8 cm³/mol. The van der Waals surface area contributed by atoms with E-state index in [9.17, 15) is 4.79 Å². The number of nitrogens with one attached hydrogen (secondary N) is 1. The highest BCUT2D eigenvalue weighted by atomic mass is 16.1. The normalized spacial score (nSPS) is 11.1. The number of H-pyrrole nitrogens is 1. The van der Waals surface area contributed by atoms with E-state index in [2.05, 4.69) is 26.7 Å². The van der Waals surface area contributed by atoms with E-state index in [0.717, 1.165) is 35.4 Å². The second-order valence-corrected chi connectivity index (χ2v) is 4.92. The molecule has 6 heteroatoms. The lowest BCUT2D eigenvalue weighted by atomic mass is 10.2. The molecule has 0 fully saturated rings. The van der Waals surface area contributed by atoms with Crippen molar-refractivity contribution < 1.29 is 0 Å². The van der Waals surface area contributed by atoms with Gasteiger partial charge in [0, 0.05) is 19.2 Å². The summed E-state index contributed by atoms with van der Waals surface area (Å²) in [4.78, 5) is 15.8. The third-order valence-corrected chi connectivity index (χ3v) is 3.40. The highest BCUT2D eigenvalue weighted by molar-refractivity contribution is 5.80. The molecule has 6 nitrogen and oxygen atoms in total. The maximum absolute atomic E-state index is 11.2. The van der Waals surface area contributed by atoms with E-state index in [4.69, 9.17) is 5.73 Å². The Morgan fingerprint density at radius 2 is 2.14 bits per heavy atom. The number of fused-ring (bicyclic) bond motifs is 1. The summed E-state index contributed by atoms with van der Waals surface area (Å²) < 4.78 is 2.12. The van der Waals surface area contributed by atoms with Crippen molar-refractivity contribution in [1.29, 1.82) is 0 Å². The first-order chi connectivity index (χ1) is 10.2. The van der Waals surface area contributed by atoms with Gasteiger partial charge >= 0.3 is 0 Å². The van der Waals surface area contributed by atoms with Crippen molar-refractivity contribution >= 4 is 11.0 Å². The first kappa shape index (κ1) is 13.5. The molecule has 3 aromatic rings. The standard InChI is InChI=1S/C15H17N5O/c1-2-7-20-13-5-3-10(9-16)8-12(13)17-15(20)11-4-6-14(21)19-18-11/h3-6,8H,2,7,9,16H2,1H3,(H,19,21). The van der Waals surface area contributed by atoms with E-state index < -0.39 is 0 Å². The van der Waals surface area contributed by atoms with Crippen LogP contribution in [0.4, 0.5) is 0 Å². The first-order valence-corrected chi connectivity index (χ1v) is 6.98. The molecule has 0 aliphatic rings. The number of rotatable bonds is 4. The third-order valence-electron chi connectivity index (χ3n) is 3.40. The molecule has 0 bridgehead atoms. The van der Waals surface area contributed by atoms with Crippen LogP contribution in [0.2, 0.25) is 0 Å². The zero-order valence-corrected chi connectivity index (χ0v) is 11.8. The van der Waals surface area contributed by atoms with Crippen molar-refractivity contribution in [1.82, 2.24) is 19.7 Å². The zero-order chi connectivity index (χ0) is 14.8. The van der Waals surface area contributed by atoms with Gasteiger partial charge in [0.15, 0.2) is 5.82 Å². The summed E-state index contributed by atoms with van der Waals surface area (Å²) in [6, 6.07) is 9.20. The van der Waals surface area contributed by atoms with Gasteiger partial charge in [-0.2, -0.15) is 5.10 Å². The van der Waals surface area contributed by atoms with Crippen molar-refractivity contribution in [2.75, 3.05) is 0 Å². The van der Waals surface area contributed by atoms with Gasteiger partial charge in [-0.15, -0.1) is 0 Å². The lowest BCUT2D eigenvalue weighted by molar-refractivity contribution is 0.701. The molecule has 0 aliphatic carbocycles. The molecule has 0 saturated heterocycles. The smallest absolute Gasteiger partial charge is 0.264 e. The van der Waals surface area contributed by atoms with E-state index >= 15 is 0 Å². The lowest BCUT2D eigenvalue weighted by Gasteiger charge is -2.06. The quantitative estimate of drug-likeness (QED) is 0.762. The average Bonchev–Trinajstić information content (AvgIpc) is 2.86. The first-order valence-electron chi connectivity index (χ1n) is 6.98. The maximum atomic E-state index is 11.2. The molecule has 2 heterocycles. The van der Waals surface area contributed by atoms with Crippen molar-refractivity contribution in [2.24, 2.45) is 5.73 Å². The van der Waals surface area contributed by atoms with Crippen LogP contribution < -0.4 is 11.3 Å². The van der Waals surface area contributed by atoms with Crippen LogP contribution >= 0.6 is 0 Å². The van der Waals surface area contributed by atoms with Crippen molar-refractivity contribution in [3.63, 3.8) is 0 Å². The Balaban J connectivity index is 2.22. The van der Waals surface area contributed by atoms with Gasteiger partial charge in [0.05, 0.1) is 11.0 Å². The van der Waals surface area contributed by atoms with Gasteiger partial charge in [0.1, 0.15) is 5.69 Å². The number of nitrogens with zero attached hydrogens (tertiary/aromatic N) is 3. The summed E-state index contributed by atoms with van der Waals surface area (Å²) in [5, 5.41) is 6.54. The minimum Gasteiger partial charge on any atom is -0.326 e. The largest absolute Gasteiger partial charge is 0.326 e. The van der Waals surface area contributed by atoms with Gasteiger partial charge in [0.25, 0.3) is 5.56 Å². The third kappa shape index (κ3) is 2.45. The number of hydrogen-bond donors (Lipinski definition) is 2. The van der Waals surface area contributed by atoms with E-state index in [1.165, 1.54) is 6.07 Å². The fraction of sp³-hybridized carbons (Fsp3) is 0.267. The molecule has 21 heavy (non-hydrogen) atoms.